The van der Waals surface area contributed by atoms with Crippen molar-refractivity contribution in [1.82, 2.24) is 0 Å². The van der Waals surface area contributed by atoms with Gasteiger partial charge in [0.2, 0.25) is 11.2 Å². The molecular weight excluding hydrogens is 408 g/mol. The highest BCUT2D eigenvalue weighted by Crippen LogP contribution is 2.43. The summed E-state index contributed by atoms with van der Waals surface area (Å²) in [5.41, 5.74) is -0.611. The molecule has 0 aliphatic rings. The summed E-state index contributed by atoms with van der Waals surface area (Å²) in [7, 11) is 1.29. The van der Waals surface area contributed by atoms with E-state index in [1.807, 2.05) is 0 Å². The van der Waals surface area contributed by atoms with Gasteiger partial charge in [0.05, 0.1) is 13.2 Å². The predicted molar refractivity (Wildman–Crippen MR) is 109 cm³/mol. The van der Waals surface area contributed by atoms with E-state index in [0.29, 0.717) is 5.75 Å². The van der Waals surface area contributed by atoms with Gasteiger partial charge >= 0.3 is 11.9 Å². The number of aromatic hydroxyl groups is 1. The van der Waals surface area contributed by atoms with Crippen molar-refractivity contribution >= 4 is 22.9 Å². The van der Waals surface area contributed by atoms with Gasteiger partial charge in [-0.25, -0.2) is 0 Å². The Bertz CT molecular complexity index is 1180. The second-order valence-corrected chi connectivity index (χ2v) is 6.29. The lowest BCUT2D eigenvalue weighted by atomic mass is 10.1. The standard InChI is InChI=1S/C22H20O9/c1-4-17(25)29-16-11-15-20(22(21(16)27-3)31-18(26)5-2)14(24)10-19(30-15)28-13-8-6-12(23)7-9-13/h6-11,23H,4-5H2,1-3H3. The van der Waals surface area contributed by atoms with Crippen molar-refractivity contribution in [2.75, 3.05) is 7.11 Å². The SMILES string of the molecule is CCC(=O)Oc1cc2oc(Oc3ccc(O)cc3)cc(=O)c2c(OC(=O)CC)c1OC. The maximum Gasteiger partial charge on any atom is 0.311 e. The van der Waals surface area contributed by atoms with Gasteiger partial charge in [-0.3, -0.25) is 14.4 Å². The number of hydrogen-bond donors (Lipinski definition) is 1. The average molecular weight is 428 g/mol. The minimum atomic E-state index is -0.623. The molecule has 9 nitrogen and oxygen atoms in total. The Kier molecular flexibility index (Phi) is 6.44. The zero-order valence-electron chi connectivity index (χ0n) is 17.1. The average Bonchev–Trinajstić information content (AvgIpc) is 2.74. The fourth-order valence-corrected chi connectivity index (χ4v) is 2.65. The Balaban J connectivity index is 2.19. The number of hydrogen-bond acceptors (Lipinski definition) is 9. The van der Waals surface area contributed by atoms with Crippen LogP contribution in [-0.2, 0) is 9.59 Å². The van der Waals surface area contributed by atoms with Gasteiger partial charge in [-0.2, -0.15) is 0 Å². The Hall–Kier alpha value is -4.01. The third-order valence-electron chi connectivity index (χ3n) is 4.15. The number of phenolic OH excluding ortho intramolecular Hbond substituents is 1. The number of methoxy groups -OCH3 is 1. The number of ether oxygens (including phenoxy) is 4. The van der Waals surface area contributed by atoms with Crippen LogP contribution < -0.4 is 24.4 Å². The molecule has 162 valence electrons. The highest BCUT2D eigenvalue weighted by atomic mass is 16.6. The third kappa shape index (κ3) is 4.77. The van der Waals surface area contributed by atoms with Crippen molar-refractivity contribution in [3.8, 4) is 34.7 Å². The minimum absolute atomic E-state index is 0.0387. The molecule has 0 bridgehead atoms. The van der Waals surface area contributed by atoms with Crippen LogP contribution in [0.15, 0.2) is 45.6 Å². The number of benzene rings is 2. The van der Waals surface area contributed by atoms with Crippen LogP contribution in [0.25, 0.3) is 11.0 Å². The maximum absolute atomic E-state index is 12.9. The summed E-state index contributed by atoms with van der Waals surface area (Å²) in [5, 5.41) is 9.30. The Morgan fingerprint density at radius 1 is 0.968 bits per heavy atom. The summed E-state index contributed by atoms with van der Waals surface area (Å²) >= 11 is 0. The second-order valence-electron chi connectivity index (χ2n) is 6.29. The van der Waals surface area contributed by atoms with Gasteiger partial charge in [0, 0.05) is 18.9 Å². The van der Waals surface area contributed by atoms with Gasteiger partial charge < -0.3 is 28.5 Å². The molecule has 0 aliphatic heterocycles. The zero-order chi connectivity index (χ0) is 22.5. The maximum atomic E-state index is 12.9. The highest BCUT2D eigenvalue weighted by molar-refractivity contribution is 5.92. The Morgan fingerprint density at radius 2 is 1.61 bits per heavy atom. The van der Waals surface area contributed by atoms with E-state index in [9.17, 15) is 19.5 Å². The van der Waals surface area contributed by atoms with Crippen LogP contribution in [0.3, 0.4) is 0 Å². The number of carbonyl (C=O) groups is 2. The van der Waals surface area contributed by atoms with E-state index in [-0.39, 0.29) is 52.8 Å². The second kappa shape index (κ2) is 9.21. The number of rotatable bonds is 7. The molecule has 3 aromatic rings. The van der Waals surface area contributed by atoms with Crippen LogP contribution in [0, 0.1) is 0 Å². The van der Waals surface area contributed by atoms with Gasteiger partial charge in [-0.1, -0.05) is 13.8 Å². The molecule has 0 unspecified atom stereocenters. The molecule has 0 radical (unpaired) electrons. The summed E-state index contributed by atoms with van der Waals surface area (Å²) in [5.74, 6) is -1.37. The minimum Gasteiger partial charge on any atom is -0.508 e. The van der Waals surface area contributed by atoms with Crippen molar-refractivity contribution in [2.45, 2.75) is 26.7 Å². The summed E-state index contributed by atoms with van der Waals surface area (Å²) in [6.45, 7) is 3.20. The largest absolute Gasteiger partial charge is 0.508 e. The van der Waals surface area contributed by atoms with E-state index < -0.39 is 17.4 Å². The normalized spacial score (nSPS) is 10.5. The molecule has 0 saturated carbocycles. The number of carbonyl (C=O) groups excluding carboxylic acids is 2. The quantitative estimate of drug-likeness (QED) is 0.440. The van der Waals surface area contributed by atoms with E-state index in [2.05, 4.69) is 0 Å². The molecule has 0 spiro atoms. The summed E-state index contributed by atoms with van der Waals surface area (Å²) in [4.78, 5) is 36.7. The smallest absolute Gasteiger partial charge is 0.311 e. The lowest BCUT2D eigenvalue weighted by Crippen LogP contribution is -2.13. The van der Waals surface area contributed by atoms with Crippen LogP contribution in [0.1, 0.15) is 26.7 Å². The number of phenols is 1. The topological polar surface area (TPSA) is 122 Å². The molecular formula is C22H20O9. The molecule has 2 aromatic carbocycles. The Labute approximate surface area is 176 Å². The van der Waals surface area contributed by atoms with E-state index >= 15 is 0 Å². The van der Waals surface area contributed by atoms with Gasteiger partial charge in [0.1, 0.15) is 22.5 Å². The lowest BCUT2D eigenvalue weighted by molar-refractivity contribution is -0.134. The van der Waals surface area contributed by atoms with E-state index in [1.54, 1.807) is 13.8 Å². The molecule has 0 aliphatic carbocycles. The first-order chi connectivity index (χ1) is 14.9. The van der Waals surface area contributed by atoms with Crippen molar-refractivity contribution in [3.63, 3.8) is 0 Å². The first-order valence-corrected chi connectivity index (χ1v) is 9.43. The molecule has 9 heteroatoms. The van der Waals surface area contributed by atoms with Crippen LogP contribution >= 0.6 is 0 Å². The highest BCUT2D eigenvalue weighted by Gasteiger charge is 2.24. The van der Waals surface area contributed by atoms with Gasteiger partial charge in [-0.15, -0.1) is 0 Å². The van der Waals surface area contributed by atoms with E-state index in [1.165, 1.54) is 37.4 Å². The monoisotopic (exact) mass is 428 g/mol. The third-order valence-corrected chi connectivity index (χ3v) is 4.15. The summed E-state index contributed by atoms with van der Waals surface area (Å²) in [6, 6.07) is 8.15. The first kappa shape index (κ1) is 21.7. The van der Waals surface area contributed by atoms with Crippen molar-refractivity contribution in [2.24, 2.45) is 0 Å². The van der Waals surface area contributed by atoms with Crippen LogP contribution in [0.4, 0.5) is 0 Å². The molecule has 3 rings (SSSR count). The fraction of sp³-hybridized carbons (Fsp3) is 0.227. The van der Waals surface area contributed by atoms with Crippen molar-refractivity contribution < 1.29 is 38.1 Å². The van der Waals surface area contributed by atoms with Gasteiger partial charge in [-0.05, 0) is 24.3 Å². The van der Waals surface area contributed by atoms with Crippen molar-refractivity contribution in [3.05, 3.63) is 46.6 Å². The summed E-state index contributed by atoms with van der Waals surface area (Å²) < 4.78 is 27.1. The summed E-state index contributed by atoms with van der Waals surface area (Å²) in [6.07, 6.45) is 0.121. The molecule has 0 amide bonds. The van der Waals surface area contributed by atoms with Gasteiger partial charge in [0.25, 0.3) is 5.95 Å². The molecule has 1 heterocycles. The Morgan fingerprint density at radius 3 is 2.23 bits per heavy atom. The van der Waals surface area contributed by atoms with Crippen LogP contribution in [0.2, 0.25) is 0 Å². The molecule has 1 N–H and O–H groups in total. The fourth-order valence-electron chi connectivity index (χ4n) is 2.65. The molecule has 31 heavy (non-hydrogen) atoms. The van der Waals surface area contributed by atoms with E-state index in [0.717, 1.165) is 6.07 Å². The van der Waals surface area contributed by atoms with Crippen LogP contribution in [-0.4, -0.2) is 24.2 Å². The predicted octanol–water partition coefficient (Wildman–Crippen LogP) is 3.93. The zero-order valence-corrected chi connectivity index (χ0v) is 17.1. The van der Waals surface area contributed by atoms with Crippen LogP contribution in [0.5, 0.6) is 34.7 Å². The molecule has 0 fully saturated rings. The molecule has 0 saturated heterocycles. The number of fused-ring (bicyclic) bond motifs is 1. The van der Waals surface area contributed by atoms with Gasteiger partial charge in [0.15, 0.2) is 11.5 Å². The lowest BCUT2D eigenvalue weighted by Gasteiger charge is -2.15. The molecule has 0 atom stereocenters. The van der Waals surface area contributed by atoms with E-state index in [4.69, 9.17) is 23.4 Å². The van der Waals surface area contributed by atoms with Crippen molar-refractivity contribution in [1.29, 1.82) is 0 Å². The number of esters is 2. The first-order valence-electron chi connectivity index (χ1n) is 9.43. The molecule has 1 aromatic heterocycles.